The molecule has 14 heavy (non-hydrogen) atoms. The minimum Gasteiger partial charge on any atom is -0.496 e. The topological polar surface area (TPSA) is 51.0 Å². The van der Waals surface area contributed by atoms with Crippen molar-refractivity contribution in [1.29, 1.82) is 0 Å². The maximum absolute atomic E-state index is 8.39. The van der Waals surface area contributed by atoms with E-state index in [4.69, 9.17) is 14.7 Å². The fourth-order valence-electron chi connectivity index (χ4n) is 1.12. The molecule has 1 aromatic rings. The third kappa shape index (κ3) is 2.39. The Morgan fingerprint density at radius 1 is 1.50 bits per heavy atom. The van der Waals surface area contributed by atoms with Crippen LogP contribution in [0.15, 0.2) is 23.4 Å². The lowest BCUT2D eigenvalue weighted by Gasteiger charge is -2.07. The molecule has 0 heterocycles. The molecular weight excluding hydrogens is 182 g/mol. The molecule has 0 saturated heterocycles. The molecule has 76 valence electrons. The maximum Gasteiger partial charge on any atom is 0.131 e. The van der Waals surface area contributed by atoms with Crippen LogP contribution in [0.3, 0.4) is 0 Å². The van der Waals surface area contributed by atoms with Crippen LogP contribution in [0.1, 0.15) is 12.5 Å². The van der Waals surface area contributed by atoms with Gasteiger partial charge in [-0.1, -0.05) is 5.16 Å². The molecule has 0 aliphatic heterocycles. The fraction of sp³-hybridized carbons (Fsp3) is 0.300. The Morgan fingerprint density at radius 2 is 2.29 bits per heavy atom. The van der Waals surface area contributed by atoms with E-state index in [1.165, 1.54) is 6.21 Å². The molecule has 0 aliphatic carbocycles. The first kappa shape index (κ1) is 10.4. The Morgan fingerprint density at radius 3 is 2.86 bits per heavy atom. The summed E-state index contributed by atoms with van der Waals surface area (Å²) in [4.78, 5) is 0. The molecule has 0 unspecified atom stereocenters. The quantitative estimate of drug-likeness (QED) is 0.453. The van der Waals surface area contributed by atoms with E-state index >= 15 is 0 Å². The number of oxime groups is 1. The zero-order valence-electron chi connectivity index (χ0n) is 8.23. The maximum atomic E-state index is 8.39. The number of benzene rings is 1. The second-order valence-corrected chi connectivity index (χ2v) is 2.58. The van der Waals surface area contributed by atoms with Crippen molar-refractivity contribution in [1.82, 2.24) is 0 Å². The van der Waals surface area contributed by atoms with Gasteiger partial charge in [0.15, 0.2) is 0 Å². The number of rotatable bonds is 4. The summed E-state index contributed by atoms with van der Waals surface area (Å²) >= 11 is 0. The van der Waals surface area contributed by atoms with Gasteiger partial charge in [0.25, 0.3) is 0 Å². The molecule has 0 saturated carbocycles. The van der Waals surface area contributed by atoms with E-state index in [1.54, 1.807) is 25.3 Å². The van der Waals surface area contributed by atoms with Crippen molar-refractivity contribution >= 4 is 6.21 Å². The third-order valence-electron chi connectivity index (χ3n) is 1.71. The van der Waals surface area contributed by atoms with E-state index in [1.807, 2.05) is 6.92 Å². The van der Waals surface area contributed by atoms with Crippen LogP contribution in [0.25, 0.3) is 0 Å². The standard InChI is InChI=1S/C10H13NO3/c1-3-14-9-5-4-8(7-11-12)10(6-9)13-2/h4-7,12H,3H2,1-2H3. The molecule has 0 aliphatic rings. The number of hydrogen-bond acceptors (Lipinski definition) is 4. The van der Waals surface area contributed by atoms with E-state index in [0.717, 1.165) is 5.75 Å². The van der Waals surface area contributed by atoms with Crippen LogP contribution >= 0.6 is 0 Å². The first-order valence-electron chi connectivity index (χ1n) is 4.30. The van der Waals surface area contributed by atoms with Crippen LogP contribution in [-0.4, -0.2) is 25.1 Å². The van der Waals surface area contributed by atoms with Crippen molar-refractivity contribution in [2.24, 2.45) is 5.16 Å². The second-order valence-electron chi connectivity index (χ2n) is 2.58. The zero-order valence-corrected chi connectivity index (χ0v) is 8.23. The zero-order chi connectivity index (χ0) is 10.4. The average Bonchev–Trinajstić information content (AvgIpc) is 2.21. The van der Waals surface area contributed by atoms with Gasteiger partial charge in [-0.05, 0) is 19.1 Å². The summed E-state index contributed by atoms with van der Waals surface area (Å²) < 4.78 is 10.4. The molecule has 4 heteroatoms. The molecular formula is C10H13NO3. The first-order chi connectivity index (χ1) is 6.81. The van der Waals surface area contributed by atoms with Gasteiger partial charge >= 0.3 is 0 Å². The highest BCUT2D eigenvalue weighted by atomic mass is 16.5. The lowest BCUT2D eigenvalue weighted by molar-refractivity contribution is 0.321. The Bertz CT molecular complexity index is 323. The van der Waals surface area contributed by atoms with E-state index in [-0.39, 0.29) is 0 Å². The second kappa shape index (κ2) is 5.11. The molecule has 0 bridgehead atoms. The molecule has 1 N–H and O–H groups in total. The van der Waals surface area contributed by atoms with Gasteiger partial charge in [-0.3, -0.25) is 0 Å². The van der Waals surface area contributed by atoms with E-state index < -0.39 is 0 Å². The summed E-state index contributed by atoms with van der Waals surface area (Å²) in [5.41, 5.74) is 0.707. The van der Waals surface area contributed by atoms with Crippen molar-refractivity contribution in [3.05, 3.63) is 23.8 Å². The smallest absolute Gasteiger partial charge is 0.131 e. The summed E-state index contributed by atoms with van der Waals surface area (Å²) in [7, 11) is 1.56. The van der Waals surface area contributed by atoms with Crippen molar-refractivity contribution in [3.63, 3.8) is 0 Å². The molecule has 0 atom stereocenters. The Balaban J connectivity index is 2.98. The third-order valence-corrected chi connectivity index (χ3v) is 1.71. The molecule has 1 aromatic carbocycles. The highest BCUT2D eigenvalue weighted by molar-refractivity contribution is 5.83. The minimum atomic E-state index is 0.608. The van der Waals surface area contributed by atoms with Crippen molar-refractivity contribution in [2.75, 3.05) is 13.7 Å². The van der Waals surface area contributed by atoms with Crippen molar-refractivity contribution in [2.45, 2.75) is 6.92 Å². The predicted octanol–water partition coefficient (Wildman–Crippen LogP) is 1.90. The number of ether oxygens (including phenoxy) is 2. The molecule has 4 nitrogen and oxygen atoms in total. The highest BCUT2D eigenvalue weighted by Gasteiger charge is 2.02. The Hall–Kier alpha value is -1.71. The predicted molar refractivity (Wildman–Crippen MR) is 53.5 cm³/mol. The Labute approximate surface area is 82.8 Å². The number of nitrogens with zero attached hydrogens (tertiary/aromatic N) is 1. The summed E-state index contributed by atoms with van der Waals surface area (Å²) in [6.45, 7) is 2.52. The van der Waals surface area contributed by atoms with Crippen molar-refractivity contribution < 1.29 is 14.7 Å². The van der Waals surface area contributed by atoms with Gasteiger partial charge < -0.3 is 14.7 Å². The fourth-order valence-corrected chi connectivity index (χ4v) is 1.12. The van der Waals surface area contributed by atoms with Gasteiger partial charge in [-0.25, -0.2) is 0 Å². The van der Waals surface area contributed by atoms with Gasteiger partial charge in [0.05, 0.1) is 19.9 Å². The SMILES string of the molecule is CCOc1ccc(C=NO)c(OC)c1. The van der Waals surface area contributed by atoms with Crippen LogP contribution in [0.4, 0.5) is 0 Å². The molecule has 0 amide bonds. The summed E-state index contributed by atoms with van der Waals surface area (Å²) in [5, 5.41) is 11.3. The molecule has 0 spiro atoms. The van der Waals surface area contributed by atoms with Gasteiger partial charge in [0.2, 0.25) is 0 Å². The summed E-state index contributed by atoms with van der Waals surface area (Å²) in [5.74, 6) is 1.35. The summed E-state index contributed by atoms with van der Waals surface area (Å²) in [6.07, 6.45) is 1.31. The number of hydrogen-bond donors (Lipinski definition) is 1. The highest BCUT2D eigenvalue weighted by Crippen LogP contribution is 2.23. The molecule has 0 aromatic heterocycles. The molecule has 0 fully saturated rings. The minimum absolute atomic E-state index is 0.608. The lowest BCUT2D eigenvalue weighted by Crippen LogP contribution is -1.95. The van der Waals surface area contributed by atoms with Crippen LogP contribution in [0, 0.1) is 0 Å². The first-order valence-corrected chi connectivity index (χ1v) is 4.30. The van der Waals surface area contributed by atoms with E-state index in [9.17, 15) is 0 Å². The summed E-state index contributed by atoms with van der Waals surface area (Å²) in [6, 6.07) is 5.31. The van der Waals surface area contributed by atoms with Gasteiger partial charge in [0.1, 0.15) is 11.5 Å². The molecule has 0 radical (unpaired) electrons. The Kier molecular flexibility index (Phi) is 3.79. The number of methoxy groups -OCH3 is 1. The van der Waals surface area contributed by atoms with Crippen LogP contribution < -0.4 is 9.47 Å². The van der Waals surface area contributed by atoms with Gasteiger partial charge in [-0.2, -0.15) is 0 Å². The van der Waals surface area contributed by atoms with Gasteiger partial charge in [0, 0.05) is 11.6 Å². The van der Waals surface area contributed by atoms with Crippen molar-refractivity contribution in [3.8, 4) is 11.5 Å². The van der Waals surface area contributed by atoms with Crippen LogP contribution in [0.5, 0.6) is 11.5 Å². The molecule has 1 rings (SSSR count). The van der Waals surface area contributed by atoms with E-state index in [2.05, 4.69) is 5.16 Å². The largest absolute Gasteiger partial charge is 0.496 e. The monoisotopic (exact) mass is 195 g/mol. The lowest BCUT2D eigenvalue weighted by atomic mass is 10.2. The van der Waals surface area contributed by atoms with Crippen LogP contribution in [-0.2, 0) is 0 Å². The normalized spacial score (nSPS) is 10.4. The van der Waals surface area contributed by atoms with E-state index in [0.29, 0.717) is 17.9 Å². The van der Waals surface area contributed by atoms with Gasteiger partial charge in [-0.15, -0.1) is 0 Å². The van der Waals surface area contributed by atoms with Crippen LogP contribution in [0.2, 0.25) is 0 Å². The average molecular weight is 195 g/mol.